The third-order valence-corrected chi connectivity index (χ3v) is 3.31. The molecule has 2 aromatic carbocycles. The molecule has 3 N–H and O–H groups in total. The molecular formula is C14H11BrN4O2S. The van der Waals surface area contributed by atoms with Crippen molar-refractivity contribution in [2.24, 2.45) is 10.8 Å². The van der Waals surface area contributed by atoms with E-state index in [1.807, 2.05) is 24.3 Å². The van der Waals surface area contributed by atoms with Crippen molar-refractivity contribution in [1.82, 2.24) is 5.43 Å². The monoisotopic (exact) mass is 378 g/mol. The van der Waals surface area contributed by atoms with Crippen LogP contribution >= 0.6 is 28.1 Å². The maximum absolute atomic E-state index is 10.7. The topological polar surface area (TPSA) is 93.5 Å². The van der Waals surface area contributed by atoms with Gasteiger partial charge in [0.25, 0.3) is 5.69 Å². The molecule has 0 saturated carbocycles. The Hall–Kier alpha value is -2.32. The van der Waals surface area contributed by atoms with E-state index in [2.05, 4.69) is 26.5 Å². The van der Waals surface area contributed by atoms with Gasteiger partial charge >= 0.3 is 0 Å². The Labute approximate surface area is 140 Å². The fourth-order valence-electron chi connectivity index (χ4n) is 1.78. The Bertz CT molecular complexity index is 747. The van der Waals surface area contributed by atoms with Crippen molar-refractivity contribution in [2.45, 2.75) is 0 Å². The van der Waals surface area contributed by atoms with Crippen LogP contribution in [0.3, 0.4) is 0 Å². The molecule has 22 heavy (non-hydrogen) atoms. The molecule has 0 aromatic heterocycles. The van der Waals surface area contributed by atoms with Gasteiger partial charge in [0, 0.05) is 27.7 Å². The minimum absolute atomic E-state index is 0.0136. The quantitative estimate of drug-likeness (QED) is 0.369. The Morgan fingerprint density at radius 3 is 2.45 bits per heavy atom. The molecule has 0 aliphatic heterocycles. The fraction of sp³-hybridized carbons (Fsp3) is 0. The standard InChI is InChI=1S/C14H11BrN4O2S/c15-11-3-1-2-10(8-11)13(17-18-14(16)22)9-4-6-12(7-5-9)19(20)21/h1-8H,(H3,16,18,22)/b17-13-. The molecule has 0 unspecified atom stereocenters. The zero-order valence-electron chi connectivity index (χ0n) is 11.2. The summed E-state index contributed by atoms with van der Waals surface area (Å²) in [6.07, 6.45) is 0. The van der Waals surface area contributed by atoms with Gasteiger partial charge in [-0.1, -0.05) is 28.1 Å². The van der Waals surface area contributed by atoms with Gasteiger partial charge in [-0.2, -0.15) is 5.10 Å². The van der Waals surface area contributed by atoms with E-state index in [9.17, 15) is 10.1 Å². The molecule has 0 heterocycles. The van der Waals surface area contributed by atoms with Gasteiger partial charge in [0.2, 0.25) is 0 Å². The number of hydrazone groups is 1. The van der Waals surface area contributed by atoms with Crippen molar-refractivity contribution in [2.75, 3.05) is 0 Å². The number of rotatable bonds is 4. The second-order valence-corrected chi connectivity index (χ2v) is 5.61. The molecule has 0 aliphatic rings. The first kappa shape index (κ1) is 16.1. The van der Waals surface area contributed by atoms with E-state index in [-0.39, 0.29) is 10.8 Å². The second kappa shape index (κ2) is 7.10. The van der Waals surface area contributed by atoms with Gasteiger partial charge in [-0.15, -0.1) is 0 Å². The van der Waals surface area contributed by atoms with Crippen molar-refractivity contribution < 1.29 is 4.92 Å². The summed E-state index contributed by atoms with van der Waals surface area (Å²) in [6.45, 7) is 0. The highest BCUT2D eigenvalue weighted by atomic mass is 79.9. The number of halogens is 1. The van der Waals surface area contributed by atoms with Gasteiger partial charge < -0.3 is 5.73 Å². The van der Waals surface area contributed by atoms with E-state index >= 15 is 0 Å². The van der Waals surface area contributed by atoms with Crippen LogP contribution in [-0.2, 0) is 0 Å². The first-order chi connectivity index (χ1) is 10.5. The maximum Gasteiger partial charge on any atom is 0.269 e. The summed E-state index contributed by atoms with van der Waals surface area (Å²) < 4.78 is 0.884. The van der Waals surface area contributed by atoms with Gasteiger partial charge in [0.1, 0.15) is 0 Å². The van der Waals surface area contributed by atoms with Gasteiger partial charge in [0.05, 0.1) is 10.6 Å². The van der Waals surface area contributed by atoms with E-state index in [4.69, 9.17) is 18.0 Å². The zero-order chi connectivity index (χ0) is 16.1. The van der Waals surface area contributed by atoms with E-state index in [0.717, 1.165) is 10.0 Å². The average Bonchev–Trinajstić information content (AvgIpc) is 2.48. The maximum atomic E-state index is 10.7. The van der Waals surface area contributed by atoms with Crippen molar-refractivity contribution in [3.63, 3.8) is 0 Å². The number of benzene rings is 2. The van der Waals surface area contributed by atoms with Gasteiger partial charge in [-0.3, -0.25) is 15.5 Å². The Morgan fingerprint density at radius 2 is 1.91 bits per heavy atom. The number of nitro groups is 1. The summed E-state index contributed by atoms with van der Waals surface area (Å²) in [6, 6.07) is 13.6. The van der Waals surface area contributed by atoms with E-state index in [1.54, 1.807) is 12.1 Å². The molecular weight excluding hydrogens is 368 g/mol. The molecule has 2 rings (SSSR count). The summed E-state index contributed by atoms with van der Waals surface area (Å²) in [5, 5.41) is 15.0. The van der Waals surface area contributed by atoms with E-state index < -0.39 is 4.92 Å². The van der Waals surface area contributed by atoms with E-state index in [1.165, 1.54) is 12.1 Å². The van der Waals surface area contributed by atoms with Crippen LogP contribution in [0.5, 0.6) is 0 Å². The molecule has 0 fully saturated rings. The van der Waals surface area contributed by atoms with Crippen LogP contribution in [0, 0.1) is 10.1 Å². The zero-order valence-corrected chi connectivity index (χ0v) is 13.6. The van der Waals surface area contributed by atoms with Gasteiger partial charge in [0.15, 0.2) is 5.11 Å². The predicted octanol–water partition coefficient (Wildman–Crippen LogP) is 2.94. The van der Waals surface area contributed by atoms with Crippen LogP contribution in [0.15, 0.2) is 58.1 Å². The highest BCUT2D eigenvalue weighted by Crippen LogP contribution is 2.18. The summed E-state index contributed by atoms with van der Waals surface area (Å²) in [5.41, 5.74) is 10.1. The molecule has 0 saturated heterocycles. The Balaban J connectivity index is 2.46. The number of hydrogen-bond donors (Lipinski definition) is 2. The lowest BCUT2D eigenvalue weighted by Gasteiger charge is -2.08. The summed E-state index contributed by atoms with van der Waals surface area (Å²) >= 11 is 8.15. The SMILES string of the molecule is NC(=S)N/N=C(/c1ccc([N+](=O)[O-])cc1)c1cccc(Br)c1. The first-order valence-electron chi connectivity index (χ1n) is 6.11. The number of thiocarbonyl (C=S) groups is 1. The van der Waals surface area contributed by atoms with Crippen LogP contribution < -0.4 is 11.2 Å². The molecule has 8 heteroatoms. The molecule has 0 radical (unpaired) electrons. The first-order valence-corrected chi connectivity index (χ1v) is 7.31. The number of nitro benzene ring substituents is 1. The van der Waals surface area contributed by atoms with Crippen LogP contribution in [-0.4, -0.2) is 15.7 Å². The van der Waals surface area contributed by atoms with Crippen molar-refractivity contribution in [1.29, 1.82) is 0 Å². The molecule has 6 nitrogen and oxygen atoms in total. The second-order valence-electron chi connectivity index (χ2n) is 4.25. The average molecular weight is 379 g/mol. The van der Waals surface area contributed by atoms with Crippen LogP contribution in [0.2, 0.25) is 0 Å². The third-order valence-electron chi connectivity index (χ3n) is 2.73. The van der Waals surface area contributed by atoms with Crippen molar-refractivity contribution in [3.05, 3.63) is 74.2 Å². The highest BCUT2D eigenvalue weighted by molar-refractivity contribution is 9.10. The molecule has 0 aliphatic carbocycles. The minimum Gasteiger partial charge on any atom is -0.375 e. The predicted molar refractivity (Wildman–Crippen MR) is 92.8 cm³/mol. The number of nitrogens with one attached hydrogen (secondary N) is 1. The highest BCUT2D eigenvalue weighted by Gasteiger charge is 2.11. The lowest BCUT2D eigenvalue weighted by Crippen LogP contribution is -2.26. The van der Waals surface area contributed by atoms with Gasteiger partial charge in [-0.05, 0) is 36.5 Å². The normalized spacial score (nSPS) is 11.0. The molecule has 0 bridgehead atoms. The number of hydrogen-bond acceptors (Lipinski definition) is 4. The Morgan fingerprint density at radius 1 is 1.23 bits per heavy atom. The smallest absolute Gasteiger partial charge is 0.269 e. The lowest BCUT2D eigenvalue weighted by atomic mass is 10.0. The van der Waals surface area contributed by atoms with E-state index in [0.29, 0.717) is 11.3 Å². The Kier molecular flexibility index (Phi) is 5.18. The van der Waals surface area contributed by atoms with Crippen molar-refractivity contribution in [3.8, 4) is 0 Å². The number of non-ortho nitro benzene ring substituents is 1. The molecule has 2 aromatic rings. The summed E-state index contributed by atoms with van der Waals surface area (Å²) in [4.78, 5) is 10.3. The molecule has 0 spiro atoms. The summed E-state index contributed by atoms with van der Waals surface area (Å²) in [5.74, 6) is 0. The van der Waals surface area contributed by atoms with Crippen LogP contribution in [0.4, 0.5) is 5.69 Å². The minimum atomic E-state index is -0.451. The number of nitrogens with zero attached hydrogens (tertiary/aromatic N) is 2. The number of nitrogens with two attached hydrogens (primary N) is 1. The molecule has 0 atom stereocenters. The molecule has 0 amide bonds. The van der Waals surface area contributed by atoms with Crippen LogP contribution in [0.25, 0.3) is 0 Å². The largest absolute Gasteiger partial charge is 0.375 e. The van der Waals surface area contributed by atoms with Crippen LogP contribution in [0.1, 0.15) is 11.1 Å². The van der Waals surface area contributed by atoms with Gasteiger partial charge in [-0.25, -0.2) is 0 Å². The lowest BCUT2D eigenvalue weighted by molar-refractivity contribution is -0.384. The fourth-order valence-corrected chi connectivity index (χ4v) is 2.23. The third kappa shape index (κ3) is 4.09. The molecule has 112 valence electrons. The van der Waals surface area contributed by atoms with Crippen molar-refractivity contribution >= 4 is 44.7 Å². The summed E-state index contributed by atoms with van der Waals surface area (Å²) in [7, 11) is 0.